The largest absolute Gasteiger partial charge is 0.493 e. The number of hydrogen-bond donors (Lipinski definition) is 2. The molecule has 10 heteroatoms. The van der Waals surface area contributed by atoms with Gasteiger partial charge in [0.1, 0.15) is 6.54 Å². The Bertz CT molecular complexity index is 1160. The highest BCUT2D eigenvalue weighted by atomic mass is 32.2. The molecule has 1 saturated heterocycles. The topological polar surface area (TPSA) is 128 Å². The molecule has 0 atom stereocenters. The van der Waals surface area contributed by atoms with E-state index >= 15 is 0 Å². The lowest BCUT2D eigenvalue weighted by atomic mass is 10.1. The van der Waals surface area contributed by atoms with E-state index in [0.717, 1.165) is 27.8 Å². The summed E-state index contributed by atoms with van der Waals surface area (Å²) in [6, 6.07) is 10.3. The van der Waals surface area contributed by atoms with Gasteiger partial charge < -0.3 is 20.5 Å². The Balaban J connectivity index is 1.70. The van der Waals surface area contributed by atoms with Gasteiger partial charge in [0.15, 0.2) is 18.1 Å². The average Bonchev–Trinajstić information content (AvgIpc) is 3.02. The van der Waals surface area contributed by atoms with Crippen molar-refractivity contribution in [2.45, 2.75) is 13.8 Å². The van der Waals surface area contributed by atoms with Gasteiger partial charge in [-0.25, -0.2) is 0 Å². The van der Waals surface area contributed by atoms with Crippen LogP contribution in [0.5, 0.6) is 11.5 Å². The van der Waals surface area contributed by atoms with Gasteiger partial charge >= 0.3 is 0 Å². The summed E-state index contributed by atoms with van der Waals surface area (Å²) in [5, 5.41) is 2.17. The first kappa shape index (κ1) is 23.9. The number of imide groups is 1. The van der Waals surface area contributed by atoms with Gasteiger partial charge in [0.05, 0.1) is 12.0 Å². The second kappa shape index (κ2) is 10.2. The van der Waals surface area contributed by atoms with E-state index in [4.69, 9.17) is 15.2 Å². The highest BCUT2D eigenvalue weighted by Gasteiger charge is 2.36. The van der Waals surface area contributed by atoms with E-state index in [1.54, 1.807) is 24.3 Å². The first-order valence-electron chi connectivity index (χ1n) is 9.89. The van der Waals surface area contributed by atoms with Gasteiger partial charge in [-0.05, 0) is 72.6 Å². The molecule has 1 aliphatic rings. The Morgan fingerprint density at radius 1 is 1.09 bits per heavy atom. The highest BCUT2D eigenvalue weighted by Crippen LogP contribution is 2.34. The van der Waals surface area contributed by atoms with Crippen LogP contribution in [0.2, 0.25) is 0 Å². The molecule has 33 heavy (non-hydrogen) atoms. The first-order valence-corrected chi connectivity index (χ1v) is 10.7. The highest BCUT2D eigenvalue weighted by molar-refractivity contribution is 8.18. The second-order valence-corrected chi connectivity index (χ2v) is 8.27. The molecule has 3 rings (SSSR count). The van der Waals surface area contributed by atoms with Crippen molar-refractivity contribution in [2.24, 2.45) is 5.73 Å². The van der Waals surface area contributed by atoms with Gasteiger partial charge in [0.25, 0.3) is 17.1 Å². The van der Waals surface area contributed by atoms with Crippen molar-refractivity contribution in [1.29, 1.82) is 0 Å². The molecule has 0 bridgehead atoms. The van der Waals surface area contributed by atoms with Crippen LogP contribution in [0.15, 0.2) is 41.3 Å². The van der Waals surface area contributed by atoms with Crippen molar-refractivity contribution in [3.05, 3.63) is 58.0 Å². The zero-order chi connectivity index (χ0) is 24.1. The van der Waals surface area contributed by atoms with Gasteiger partial charge in [-0.1, -0.05) is 12.1 Å². The van der Waals surface area contributed by atoms with E-state index in [2.05, 4.69) is 5.32 Å². The van der Waals surface area contributed by atoms with E-state index in [-0.39, 0.29) is 11.5 Å². The zero-order valence-electron chi connectivity index (χ0n) is 18.3. The molecule has 0 radical (unpaired) electrons. The van der Waals surface area contributed by atoms with E-state index in [1.807, 2.05) is 26.0 Å². The number of nitrogens with zero attached hydrogens (tertiary/aromatic N) is 1. The van der Waals surface area contributed by atoms with Crippen molar-refractivity contribution < 1.29 is 28.7 Å². The van der Waals surface area contributed by atoms with Crippen molar-refractivity contribution >= 4 is 46.5 Å². The molecule has 9 nitrogen and oxygen atoms in total. The van der Waals surface area contributed by atoms with Crippen LogP contribution in [-0.4, -0.2) is 48.1 Å². The molecule has 0 unspecified atom stereocenters. The summed E-state index contributed by atoms with van der Waals surface area (Å²) >= 11 is 0.746. The zero-order valence-corrected chi connectivity index (χ0v) is 19.2. The average molecular weight is 470 g/mol. The Morgan fingerprint density at radius 2 is 1.85 bits per heavy atom. The summed E-state index contributed by atoms with van der Waals surface area (Å²) in [6.45, 7) is 3.19. The molecule has 0 aliphatic carbocycles. The fraction of sp³-hybridized carbons (Fsp3) is 0.217. The number of carbonyl (C=O) groups is 4. The fourth-order valence-electron chi connectivity index (χ4n) is 2.99. The van der Waals surface area contributed by atoms with Crippen LogP contribution in [0.1, 0.15) is 16.7 Å². The number of thioether (sulfide) groups is 1. The summed E-state index contributed by atoms with van der Waals surface area (Å²) in [7, 11) is 1.43. The molecule has 0 saturated carbocycles. The van der Waals surface area contributed by atoms with Crippen LogP contribution in [0.25, 0.3) is 6.08 Å². The molecule has 1 fully saturated rings. The third-order valence-corrected chi connectivity index (χ3v) is 5.73. The first-order chi connectivity index (χ1) is 15.7. The van der Waals surface area contributed by atoms with Crippen LogP contribution >= 0.6 is 11.8 Å². The molecule has 0 spiro atoms. The molecule has 172 valence electrons. The number of aryl methyl sites for hydroxylation is 2. The third kappa shape index (κ3) is 5.92. The van der Waals surface area contributed by atoms with Crippen LogP contribution in [0.4, 0.5) is 10.5 Å². The van der Waals surface area contributed by atoms with Gasteiger partial charge in [-0.2, -0.15) is 0 Å². The maximum atomic E-state index is 12.7. The maximum Gasteiger partial charge on any atom is 0.294 e. The smallest absolute Gasteiger partial charge is 0.294 e. The van der Waals surface area contributed by atoms with Crippen LogP contribution < -0.4 is 20.5 Å². The summed E-state index contributed by atoms with van der Waals surface area (Å²) in [4.78, 5) is 49.5. The van der Waals surface area contributed by atoms with E-state index in [9.17, 15) is 19.2 Å². The molecule has 1 heterocycles. The number of methoxy groups -OCH3 is 1. The number of hydrogen-bond acceptors (Lipinski definition) is 7. The molecule has 2 aromatic carbocycles. The van der Waals surface area contributed by atoms with E-state index in [1.165, 1.54) is 13.2 Å². The lowest BCUT2D eigenvalue weighted by Gasteiger charge is -2.13. The molecule has 1 aliphatic heterocycles. The number of rotatable bonds is 8. The van der Waals surface area contributed by atoms with Gasteiger partial charge in [-0.15, -0.1) is 0 Å². The van der Waals surface area contributed by atoms with Crippen molar-refractivity contribution in [2.75, 3.05) is 25.6 Å². The monoisotopic (exact) mass is 469 g/mol. The number of anilines is 1. The normalized spacial score (nSPS) is 14.5. The molecule has 0 aromatic heterocycles. The molecule has 4 amide bonds. The Labute approximate surface area is 194 Å². The lowest BCUT2D eigenvalue weighted by Crippen LogP contribution is -2.36. The minimum atomic E-state index is -0.628. The minimum Gasteiger partial charge on any atom is -0.493 e. The molecular weight excluding hydrogens is 446 g/mol. The molecular formula is C23H23N3O6S. The third-order valence-electron chi connectivity index (χ3n) is 4.82. The number of nitrogens with two attached hydrogens (primary N) is 1. The van der Waals surface area contributed by atoms with Gasteiger partial charge in [-0.3, -0.25) is 24.1 Å². The molecule has 2 aromatic rings. The summed E-state index contributed by atoms with van der Waals surface area (Å²) in [5.74, 6) is -1.02. The number of ether oxygens (including phenoxy) is 2. The number of benzene rings is 2. The number of carbonyl (C=O) groups excluding carboxylic acids is 4. The number of nitrogens with one attached hydrogen (secondary N) is 1. The Kier molecular flexibility index (Phi) is 7.39. The summed E-state index contributed by atoms with van der Waals surface area (Å²) in [5.41, 5.74) is 8.36. The van der Waals surface area contributed by atoms with E-state index < -0.39 is 29.5 Å². The number of primary amides is 1. The van der Waals surface area contributed by atoms with Gasteiger partial charge in [0, 0.05) is 5.69 Å². The van der Waals surface area contributed by atoms with Gasteiger partial charge in [0.2, 0.25) is 5.91 Å². The standard InChI is InChI=1S/C23H23N3O6S/c1-13-4-6-16(8-14(13)2)25-21(28)11-26-22(29)19(33-23(26)30)10-15-5-7-17(18(9-15)31-3)32-12-20(24)27/h4-10H,11-12H2,1-3H3,(H2,24,27)(H,25,28)/b19-10-. The minimum absolute atomic E-state index is 0.173. The SMILES string of the molecule is COc1cc(/C=C2\SC(=O)N(CC(=O)Nc3ccc(C)c(C)c3)C2=O)ccc1OCC(N)=O. The summed E-state index contributed by atoms with van der Waals surface area (Å²) < 4.78 is 10.5. The maximum absolute atomic E-state index is 12.7. The quantitative estimate of drug-likeness (QED) is 0.569. The predicted molar refractivity (Wildman–Crippen MR) is 125 cm³/mol. The van der Waals surface area contributed by atoms with Crippen LogP contribution in [0, 0.1) is 13.8 Å². The van der Waals surface area contributed by atoms with Crippen molar-refractivity contribution in [3.8, 4) is 11.5 Å². The van der Waals surface area contributed by atoms with Crippen LogP contribution in [0.3, 0.4) is 0 Å². The summed E-state index contributed by atoms with van der Waals surface area (Å²) in [6.07, 6.45) is 1.52. The van der Waals surface area contributed by atoms with Crippen LogP contribution in [-0.2, 0) is 14.4 Å². The van der Waals surface area contributed by atoms with Crippen molar-refractivity contribution in [3.63, 3.8) is 0 Å². The van der Waals surface area contributed by atoms with Crippen molar-refractivity contribution in [1.82, 2.24) is 4.90 Å². The fourth-order valence-corrected chi connectivity index (χ4v) is 3.83. The lowest BCUT2D eigenvalue weighted by molar-refractivity contribution is -0.127. The molecule has 3 N–H and O–H groups in total. The number of amides is 4. The Hall–Kier alpha value is -3.79. The van der Waals surface area contributed by atoms with E-state index in [0.29, 0.717) is 22.7 Å². The predicted octanol–water partition coefficient (Wildman–Crippen LogP) is 2.85. The Morgan fingerprint density at radius 3 is 2.52 bits per heavy atom. The second-order valence-electron chi connectivity index (χ2n) is 7.28.